The number of amides is 1. The van der Waals surface area contributed by atoms with Crippen LogP contribution >= 0.6 is 11.8 Å². The number of carbonyl (C=O) groups is 1. The molecule has 2 nitrogen and oxygen atoms in total. The highest BCUT2D eigenvalue weighted by atomic mass is 32.2. The molecule has 1 unspecified atom stereocenters. The van der Waals surface area contributed by atoms with Gasteiger partial charge in [0.25, 0.3) is 0 Å². The quantitative estimate of drug-likeness (QED) is 0.592. The second-order valence-corrected chi connectivity index (χ2v) is 4.57. The van der Waals surface area contributed by atoms with Gasteiger partial charge in [-0.1, -0.05) is 6.92 Å². The van der Waals surface area contributed by atoms with Gasteiger partial charge in [-0.15, -0.1) is 11.8 Å². The second-order valence-electron chi connectivity index (χ2n) is 3.04. The summed E-state index contributed by atoms with van der Waals surface area (Å²) in [5.74, 6) is 0.170. The van der Waals surface area contributed by atoms with Crippen LogP contribution in [0.1, 0.15) is 19.8 Å². The van der Waals surface area contributed by atoms with Crippen LogP contribution in [0, 0.1) is 0 Å². The van der Waals surface area contributed by atoms with Crippen molar-refractivity contribution < 1.29 is 4.79 Å². The molecule has 0 spiro atoms. The highest BCUT2D eigenvalue weighted by Crippen LogP contribution is 2.40. The summed E-state index contributed by atoms with van der Waals surface area (Å²) < 4.78 is 0. The first-order chi connectivity index (χ1) is 5.27. The van der Waals surface area contributed by atoms with Gasteiger partial charge in [0.2, 0.25) is 5.91 Å². The lowest BCUT2D eigenvalue weighted by Gasteiger charge is -2.13. The molecule has 2 heterocycles. The second kappa shape index (κ2) is 2.55. The summed E-state index contributed by atoms with van der Waals surface area (Å²) in [7, 11) is 0. The molecule has 0 saturated carbocycles. The Bertz CT molecular complexity index is 234. The molecular formula is C8H11NOS. The molecule has 0 aromatic heterocycles. The maximum atomic E-state index is 11.2. The van der Waals surface area contributed by atoms with Crippen LogP contribution < -0.4 is 5.32 Å². The predicted octanol–water partition coefficient (Wildman–Crippen LogP) is 1.29. The average molecular weight is 169 g/mol. The third kappa shape index (κ3) is 1.18. The van der Waals surface area contributed by atoms with E-state index in [1.54, 1.807) is 0 Å². The van der Waals surface area contributed by atoms with E-state index in [9.17, 15) is 4.79 Å². The van der Waals surface area contributed by atoms with Crippen LogP contribution in [0.3, 0.4) is 0 Å². The molecule has 2 aliphatic rings. The molecule has 3 heteroatoms. The van der Waals surface area contributed by atoms with E-state index in [-0.39, 0.29) is 5.91 Å². The van der Waals surface area contributed by atoms with Crippen molar-refractivity contribution in [2.45, 2.75) is 25.0 Å². The maximum absolute atomic E-state index is 11.2. The zero-order chi connectivity index (χ0) is 7.84. The molecular weight excluding hydrogens is 158 g/mol. The number of carbonyl (C=O) groups excluding carboxylic acids is 1. The fraction of sp³-hybridized carbons (Fsp3) is 0.625. The minimum atomic E-state index is 0.170. The minimum Gasteiger partial charge on any atom is -0.352 e. The average Bonchev–Trinajstić information content (AvgIpc) is 2.31. The van der Waals surface area contributed by atoms with Crippen LogP contribution in [0.4, 0.5) is 0 Å². The van der Waals surface area contributed by atoms with Crippen molar-refractivity contribution in [2.75, 3.05) is 6.54 Å². The number of rotatable bonds is 0. The lowest BCUT2D eigenvalue weighted by molar-refractivity contribution is -0.117. The Morgan fingerprint density at radius 1 is 1.64 bits per heavy atom. The molecule has 11 heavy (non-hydrogen) atoms. The Labute approximate surface area is 70.4 Å². The molecule has 2 aliphatic heterocycles. The van der Waals surface area contributed by atoms with Gasteiger partial charge in [-0.2, -0.15) is 0 Å². The van der Waals surface area contributed by atoms with Gasteiger partial charge in [-0.25, -0.2) is 0 Å². The molecule has 0 aromatic rings. The van der Waals surface area contributed by atoms with Gasteiger partial charge in [0, 0.05) is 17.4 Å². The van der Waals surface area contributed by atoms with E-state index in [1.807, 2.05) is 11.8 Å². The number of thioether (sulfide) groups is 1. The Balaban J connectivity index is 2.25. The van der Waals surface area contributed by atoms with Crippen molar-refractivity contribution in [3.63, 3.8) is 0 Å². The Kier molecular flexibility index (Phi) is 1.68. The first-order valence-corrected chi connectivity index (χ1v) is 4.82. The van der Waals surface area contributed by atoms with Gasteiger partial charge in [0.15, 0.2) is 0 Å². The Hall–Kier alpha value is -0.440. The first kappa shape index (κ1) is 7.22. The van der Waals surface area contributed by atoms with Gasteiger partial charge in [-0.3, -0.25) is 4.79 Å². The van der Waals surface area contributed by atoms with Crippen LogP contribution in [0.15, 0.2) is 10.5 Å². The Morgan fingerprint density at radius 3 is 3.18 bits per heavy atom. The minimum absolute atomic E-state index is 0.170. The van der Waals surface area contributed by atoms with Crippen LogP contribution in [0.5, 0.6) is 0 Å². The monoisotopic (exact) mass is 169 g/mol. The van der Waals surface area contributed by atoms with Gasteiger partial charge in [0.05, 0.1) is 0 Å². The summed E-state index contributed by atoms with van der Waals surface area (Å²) in [6.07, 6.45) is 2.02. The molecule has 60 valence electrons. The van der Waals surface area contributed by atoms with E-state index in [0.29, 0.717) is 5.25 Å². The molecule has 1 amide bonds. The van der Waals surface area contributed by atoms with Crippen LogP contribution in [-0.2, 0) is 4.79 Å². The molecule has 0 aromatic carbocycles. The number of nitrogens with one attached hydrogen (secondary N) is 1. The zero-order valence-corrected chi connectivity index (χ0v) is 7.33. The van der Waals surface area contributed by atoms with Crippen molar-refractivity contribution in [1.29, 1.82) is 0 Å². The summed E-state index contributed by atoms with van der Waals surface area (Å²) in [5, 5.41) is 3.48. The predicted molar refractivity (Wildman–Crippen MR) is 46.3 cm³/mol. The van der Waals surface area contributed by atoms with Gasteiger partial charge in [-0.05, 0) is 17.7 Å². The molecule has 0 radical (unpaired) electrons. The molecule has 2 rings (SSSR count). The van der Waals surface area contributed by atoms with Gasteiger partial charge >= 0.3 is 0 Å². The summed E-state index contributed by atoms with van der Waals surface area (Å²) in [5.41, 5.74) is 1.05. The number of hydrogen-bond donors (Lipinski definition) is 1. The largest absolute Gasteiger partial charge is 0.352 e. The van der Waals surface area contributed by atoms with Crippen molar-refractivity contribution in [1.82, 2.24) is 5.32 Å². The van der Waals surface area contributed by atoms with E-state index < -0.39 is 0 Å². The van der Waals surface area contributed by atoms with Gasteiger partial charge < -0.3 is 5.32 Å². The summed E-state index contributed by atoms with van der Waals surface area (Å²) in [4.78, 5) is 12.6. The van der Waals surface area contributed by atoms with Crippen LogP contribution in [0.2, 0.25) is 0 Å². The molecule has 1 N–H and O–H groups in total. The maximum Gasteiger partial charge on any atom is 0.248 e. The van der Waals surface area contributed by atoms with Crippen molar-refractivity contribution >= 4 is 17.7 Å². The SMILES string of the molecule is CC1CC2=C(CCNC2=O)S1. The standard InChI is InChI=1S/C8H11NOS/c1-5-4-6-7(11-5)2-3-9-8(6)10/h5H,2-4H2,1H3,(H,9,10). The van der Waals surface area contributed by atoms with Crippen molar-refractivity contribution in [3.8, 4) is 0 Å². The van der Waals surface area contributed by atoms with E-state index in [0.717, 1.165) is 25.0 Å². The molecule has 0 aliphatic carbocycles. The van der Waals surface area contributed by atoms with Crippen molar-refractivity contribution in [2.24, 2.45) is 0 Å². The summed E-state index contributed by atoms with van der Waals surface area (Å²) >= 11 is 1.87. The van der Waals surface area contributed by atoms with E-state index in [4.69, 9.17) is 0 Å². The van der Waals surface area contributed by atoms with E-state index in [1.165, 1.54) is 4.91 Å². The fourth-order valence-electron chi connectivity index (χ4n) is 1.58. The third-order valence-corrected chi connectivity index (χ3v) is 3.39. The van der Waals surface area contributed by atoms with Crippen molar-refractivity contribution in [3.05, 3.63) is 10.5 Å². The van der Waals surface area contributed by atoms with Crippen LogP contribution in [-0.4, -0.2) is 17.7 Å². The zero-order valence-electron chi connectivity index (χ0n) is 6.52. The lowest BCUT2D eigenvalue weighted by Crippen LogP contribution is -2.29. The van der Waals surface area contributed by atoms with E-state index in [2.05, 4.69) is 12.2 Å². The van der Waals surface area contributed by atoms with Gasteiger partial charge in [0.1, 0.15) is 0 Å². The summed E-state index contributed by atoms with van der Waals surface area (Å²) in [6, 6.07) is 0. The topological polar surface area (TPSA) is 29.1 Å². The molecule has 0 saturated heterocycles. The molecule has 0 fully saturated rings. The summed E-state index contributed by atoms with van der Waals surface area (Å²) in [6.45, 7) is 3.01. The lowest BCUT2D eigenvalue weighted by atomic mass is 10.1. The Morgan fingerprint density at radius 2 is 2.45 bits per heavy atom. The molecule has 0 bridgehead atoms. The highest BCUT2D eigenvalue weighted by molar-refractivity contribution is 8.04. The highest BCUT2D eigenvalue weighted by Gasteiger charge is 2.28. The molecule has 1 atom stereocenters. The normalized spacial score (nSPS) is 30.3. The van der Waals surface area contributed by atoms with Crippen LogP contribution in [0.25, 0.3) is 0 Å². The first-order valence-electron chi connectivity index (χ1n) is 3.94. The fourth-order valence-corrected chi connectivity index (χ4v) is 2.86. The number of hydrogen-bond acceptors (Lipinski definition) is 2. The third-order valence-electron chi connectivity index (χ3n) is 2.08. The smallest absolute Gasteiger partial charge is 0.248 e. The van der Waals surface area contributed by atoms with E-state index >= 15 is 0 Å².